The lowest BCUT2D eigenvalue weighted by Gasteiger charge is -2.06. The highest BCUT2D eigenvalue weighted by atomic mass is 16.6. The van der Waals surface area contributed by atoms with Crippen molar-refractivity contribution < 1.29 is 9.72 Å². The predicted molar refractivity (Wildman–Crippen MR) is 68.7 cm³/mol. The number of hydrogen-bond acceptors (Lipinski definition) is 3. The van der Waals surface area contributed by atoms with E-state index in [2.05, 4.69) is 0 Å². The molecule has 0 N–H and O–H groups in total. The molecule has 0 aliphatic rings. The lowest BCUT2D eigenvalue weighted by molar-refractivity contribution is -0.384. The monoisotopic (exact) mass is 241 g/mol. The van der Waals surface area contributed by atoms with E-state index in [-0.39, 0.29) is 5.69 Å². The molecule has 4 nitrogen and oxygen atoms in total. The van der Waals surface area contributed by atoms with E-state index in [1.807, 2.05) is 13.0 Å². The molecule has 0 amide bonds. The molecule has 2 aromatic carbocycles. The molecule has 0 radical (unpaired) electrons. The van der Waals surface area contributed by atoms with Crippen molar-refractivity contribution in [3.63, 3.8) is 0 Å². The Morgan fingerprint density at radius 2 is 1.94 bits per heavy atom. The molecule has 0 aromatic heterocycles. The molecule has 0 bridgehead atoms. The molecule has 0 saturated carbocycles. The number of aryl methyl sites for hydroxylation is 1. The van der Waals surface area contributed by atoms with E-state index in [1.54, 1.807) is 24.3 Å². The van der Waals surface area contributed by atoms with Crippen molar-refractivity contribution in [3.8, 4) is 11.1 Å². The zero-order chi connectivity index (χ0) is 13.1. The fraction of sp³-hybridized carbons (Fsp3) is 0.0714. The molecule has 2 aromatic rings. The van der Waals surface area contributed by atoms with Crippen molar-refractivity contribution in [2.24, 2.45) is 0 Å². The van der Waals surface area contributed by atoms with Crippen LogP contribution in [0.2, 0.25) is 0 Å². The third-order valence-corrected chi connectivity index (χ3v) is 2.77. The number of carbonyl (C=O) groups is 1. The minimum atomic E-state index is -0.424. The number of rotatable bonds is 3. The second-order valence-corrected chi connectivity index (χ2v) is 4.00. The van der Waals surface area contributed by atoms with E-state index in [0.29, 0.717) is 5.56 Å². The number of hydrogen-bond donors (Lipinski definition) is 0. The van der Waals surface area contributed by atoms with Gasteiger partial charge in [0.15, 0.2) is 0 Å². The van der Waals surface area contributed by atoms with Gasteiger partial charge in [0.1, 0.15) is 6.29 Å². The van der Waals surface area contributed by atoms with Gasteiger partial charge in [-0.25, -0.2) is 0 Å². The molecule has 0 heterocycles. The highest BCUT2D eigenvalue weighted by molar-refractivity contribution is 5.80. The summed E-state index contributed by atoms with van der Waals surface area (Å²) < 4.78 is 0. The van der Waals surface area contributed by atoms with Gasteiger partial charge in [0, 0.05) is 17.7 Å². The van der Waals surface area contributed by atoms with Gasteiger partial charge in [-0.2, -0.15) is 0 Å². The molecular weight excluding hydrogens is 230 g/mol. The maximum atomic E-state index is 10.8. The van der Waals surface area contributed by atoms with Crippen LogP contribution in [0.1, 0.15) is 15.9 Å². The highest BCUT2D eigenvalue weighted by Gasteiger charge is 2.10. The van der Waals surface area contributed by atoms with Gasteiger partial charge >= 0.3 is 0 Å². The molecule has 0 unspecified atom stereocenters. The fourth-order valence-corrected chi connectivity index (χ4v) is 1.81. The zero-order valence-corrected chi connectivity index (χ0v) is 9.79. The van der Waals surface area contributed by atoms with Gasteiger partial charge < -0.3 is 0 Å². The maximum Gasteiger partial charge on any atom is 0.270 e. The predicted octanol–water partition coefficient (Wildman–Crippen LogP) is 3.38. The van der Waals surface area contributed by atoms with Crippen LogP contribution in [0, 0.1) is 17.0 Å². The molecular formula is C14H11NO3. The summed E-state index contributed by atoms with van der Waals surface area (Å²) in [6.07, 6.45) is 0.760. The highest BCUT2D eigenvalue weighted by Crippen LogP contribution is 2.27. The minimum Gasteiger partial charge on any atom is -0.298 e. The first kappa shape index (κ1) is 12.0. The van der Waals surface area contributed by atoms with Crippen LogP contribution in [-0.4, -0.2) is 11.2 Å². The quantitative estimate of drug-likeness (QED) is 0.470. The number of non-ortho nitro benzene ring substituents is 1. The summed E-state index contributed by atoms with van der Waals surface area (Å²) in [4.78, 5) is 21.1. The number of aldehydes is 1. The SMILES string of the molecule is Cc1ccc([N+](=O)[O-])cc1-c1cccc(C=O)c1. The average molecular weight is 241 g/mol. The Labute approximate surface area is 104 Å². The second kappa shape index (κ2) is 4.79. The van der Waals surface area contributed by atoms with E-state index in [9.17, 15) is 14.9 Å². The molecule has 0 fully saturated rings. The van der Waals surface area contributed by atoms with E-state index >= 15 is 0 Å². The zero-order valence-electron chi connectivity index (χ0n) is 9.79. The van der Waals surface area contributed by atoms with E-state index in [4.69, 9.17) is 0 Å². The van der Waals surface area contributed by atoms with Crippen molar-refractivity contribution in [1.29, 1.82) is 0 Å². The van der Waals surface area contributed by atoms with E-state index in [0.717, 1.165) is 23.0 Å². The first-order chi connectivity index (χ1) is 8.61. The summed E-state index contributed by atoms with van der Waals surface area (Å²) in [5.41, 5.74) is 3.11. The van der Waals surface area contributed by atoms with E-state index < -0.39 is 4.92 Å². The number of nitrogens with zero attached hydrogens (tertiary/aromatic N) is 1. The number of carbonyl (C=O) groups excluding carboxylic acids is 1. The van der Waals surface area contributed by atoms with Crippen LogP contribution < -0.4 is 0 Å². The molecule has 2 rings (SSSR count). The van der Waals surface area contributed by atoms with Crippen LogP contribution in [0.4, 0.5) is 5.69 Å². The third-order valence-electron chi connectivity index (χ3n) is 2.77. The van der Waals surface area contributed by atoms with Crippen molar-refractivity contribution in [3.05, 3.63) is 63.7 Å². The van der Waals surface area contributed by atoms with Crippen molar-refractivity contribution >= 4 is 12.0 Å². The lowest BCUT2D eigenvalue weighted by Crippen LogP contribution is -1.91. The summed E-state index contributed by atoms with van der Waals surface area (Å²) in [7, 11) is 0. The van der Waals surface area contributed by atoms with Gasteiger partial charge in [-0.3, -0.25) is 14.9 Å². The van der Waals surface area contributed by atoms with Crippen LogP contribution in [0.5, 0.6) is 0 Å². The minimum absolute atomic E-state index is 0.0482. The normalized spacial score (nSPS) is 10.1. The Hall–Kier alpha value is -2.49. The molecule has 0 aliphatic heterocycles. The number of benzene rings is 2. The van der Waals surface area contributed by atoms with Gasteiger partial charge in [-0.15, -0.1) is 0 Å². The van der Waals surface area contributed by atoms with Crippen LogP contribution in [0.3, 0.4) is 0 Å². The molecule has 0 spiro atoms. The summed E-state index contributed by atoms with van der Waals surface area (Å²) in [5, 5.41) is 10.8. The Bertz CT molecular complexity index is 620. The van der Waals surface area contributed by atoms with Gasteiger partial charge in [-0.05, 0) is 29.7 Å². The van der Waals surface area contributed by atoms with Crippen LogP contribution >= 0.6 is 0 Å². The van der Waals surface area contributed by atoms with Gasteiger partial charge in [0.25, 0.3) is 5.69 Å². The van der Waals surface area contributed by atoms with Crippen LogP contribution in [0.15, 0.2) is 42.5 Å². The van der Waals surface area contributed by atoms with E-state index in [1.165, 1.54) is 12.1 Å². The summed E-state index contributed by atoms with van der Waals surface area (Å²) in [5.74, 6) is 0. The Morgan fingerprint density at radius 1 is 1.17 bits per heavy atom. The van der Waals surface area contributed by atoms with Gasteiger partial charge in [0.2, 0.25) is 0 Å². The average Bonchev–Trinajstić information content (AvgIpc) is 2.39. The summed E-state index contributed by atoms with van der Waals surface area (Å²) in [6.45, 7) is 1.88. The van der Waals surface area contributed by atoms with Gasteiger partial charge in [0.05, 0.1) is 4.92 Å². The molecule has 0 aliphatic carbocycles. The van der Waals surface area contributed by atoms with Crippen LogP contribution in [0.25, 0.3) is 11.1 Å². The lowest BCUT2D eigenvalue weighted by atomic mass is 9.98. The largest absolute Gasteiger partial charge is 0.298 e. The smallest absolute Gasteiger partial charge is 0.270 e. The molecule has 18 heavy (non-hydrogen) atoms. The topological polar surface area (TPSA) is 60.2 Å². The molecule has 90 valence electrons. The first-order valence-corrected chi connectivity index (χ1v) is 5.42. The third kappa shape index (κ3) is 2.27. The van der Waals surface area contributed by atoms with Gasteiger partial charge in [-0.1, -0.05) is 24.3 Å². The second-order valence-electron chi connectivity index (χ2n) is 4.00. The Kier molecular flexibility index (Phi) is 3.19. The fourth-order valence-electron chi connectivity index (χ4n) is 1.81. The Balaban J connectivity index is 2.58. The van der Waals surface area contributed by atoms with Crippen molar-refractivity contribution in [1.82, 2.24) is 0 Å². The number of nitro benzene ring substituents is 1. The summed E-state index contributed by atoms with van der Waals surface area (Å²) in [6, 6.07) is 11.7. The standard InChI is InChI=1S/C14H11NO3/c1-10-5-6-13(15(17)18)8-14(10)12-4-2-3-11(7-12)9-16/h2-9H,1H3. The van der Waals surface area contributed by atoms with Crippen molar-refractivity contribution in [2.45, 2.75) is 6.92 Å². The first-order valence-electron chi connectivity index (χ1n) is 5.42. The molecule has 4 heteroatoms. The van der Waals surface area contributed by atoms with Crippen molar-refractivity contribution in [2.75, 3.05) is 0 Å². The summed E-state index contributed by atoms with van der Waals surface area (Å²) >= 11 is 0. The molecule has 0 saturated heterocycles. The Morgan fingerprint density at radius 3 is 2.61 bits per heavy atom. The molecule has 0 atom stereocenters. The maximum absolute atomic E-state index is 10.8. The number of nitro groups is 1. The van der Waals surface area contributed by atoms with Crippen LogP contribution in [-0.2, 0) is 0 Å².